The van der Waals surface area contributed by atoms with Crippen molar-refractivity contribution in [1.82, 2.24) is 0 Å². The smallest absolute Gasteiger partial charge is 0.0820 e. The van der Waals surface area contributed by atoms with Gasteiger partial charge in [0.25, 0.3) is 0 Å². The van der Waals surface area contributed by atoms with Crippen molar-refractivity contribution in [3.05, 3.63) is 82.4 Å². The van der Waals surface area contributed by atoms with E-state index >= 15 is 0 Å². The van der Waals surface area contributed by atoms with Crippen LogP contribution in [-0.4, -0.2) is 47.0 Å². The normalized spacial score (nSPS) is 11.9. The maximum absolute atomic E-state index is 8.06. The van der Waals surface area contributed by atoms with Crippen LogP contribution in [0.25, 0.3) is 22.3 Å². The molecule has 0 aromatic heterocycles. The molecule has 3 aromatic rings. The molecule has 0 spiro atoms. The van der Waals surface area contributed by atoms with Gasteiger partial charge in [0, 0.05) is 57.5 Å². The van der Waals surface area contributed by atoms with Crippen LogP contribution in [0.15, 0.2) is 54.6 Å². The summed E-state index contributed by atoms with van der Waals surface area (Å²) in [6, 6.07) is 21.1. The average Bonchev–Trinajstić information content (AvgIpc) is 3.20. The first kappa shape index (κ1) is 42.8. The molecule has 0 saturated heterocycles. The molecule has 0 radical (unpaired) electrons. The number of benzene rings is 3. The van der Waals surface area contributed by atoms with E-state index in [4.69, 9.17) is 15.3 Å². The molecule has 244 valence electrons. The van der Waals surface area contributed by atoms with Gasteiger partial charge in [-0.25, -0.2) is 0 Å². The van der Waals surface area contributed by atoms with Crippen LogP contribution in [0.4, 0.5) is 0 Å². The van der Waals surface area contributed by atoms with Gasteiger partial charge >= 0.3 is 0 Å². The van der Waals surface area contributed by atoms with Crippen LogP contribution in [-0.2, 0) is 49.3 Å². The summed E-state index contributed by atoms with van der Waals surface area (Å²) in [5.41, 5.74) is 13.6. The fourth-order valence-electron chi connectivity index (χ4n) is 4.98. The molecule has 44 heavy (non-hydrogen) atoms. The van der Waals surface area contributed by atoms with Crippen molar-refractivity contribution in [1.29, 1.82) is 0 Å². The number of hydrogen-bond donors (Lipinski definition) is 3. The van der Waals surface area contributed by atoms with Crippen molar-refractivity contribution in [3.8, 4) is 22.3 Å². The Hall–Kier alpha value is -1.16. The molecule has 3 aromatic carbocycles. The Balaban J connectivity index is 0.00000122. The van der Waals surface area contributed by atoms with Crippen LogP contribution in [0.1, 0.15) is 111 Å². The summed E-state index contributed by atoms with van der Waals surface area (Å²) in [4.78, 5) is 0. The second-order valence-electron chi connectivity index (χ2n) is 14.9. The van der Waals surface area contributed by atoms with Crippen LogP contribution in [0.5, 0.6) is 0 Å². The monoisotopic (exact) mass is 789 g/mol. The molecule has 1 aliphatic rings. The van der Waals surface area contributed by atoms with E-state index in [0.29, 0.717) is 0 Å². The zero-order valence-corrected chi connectivity index (χ0v) is 34.8. The van der Waals surface area contributed by atoms with E-state index in [0.717, 1.165) is 6.42 Å². The summed E-state index contributed by atoms with van der Waals surface area (Å²) < 4.78 is 0. The molecule has 1 aliphatic carbocycles. The van der Waals surface area contributed by atoms with Crippen molar-refractivity contribution in [2.75, 3.05) is 13.3 Å². The van der Waals surface area contributed by atoms with Crippen LogP contribution < -0.4 is 0 Å². The second kappa shape index (κ2) is 18.9. The van der Waals surface area contributed by atoms with Crippen molar-refractivity contribution >= 4 is 7.92 Å². The van der Waals surface area contributed by atoms with Gasteiger partial charge in [-0.15, -0.1) is 0 Å². The van der Waals surface area contributed by atoms with Gasteiger partial charge in [-0.05, 0) is 117 Å². The van der Waals surface area contributed by atoms with E-state index in [1.807, 2.05) is 0 Å². The summed E-state index contributed by atoms with van der Waals surface area (Å²) in [6.45, 7) is 29.1. The molecule has 3 nitrogen and oxygen atoms in total. The fraction of sp³-hybridized carbons (Fsp3) is 0.538. The molecule has 0 saturated carbocycles. The first-order valence-corrected chi connectivity index (χ1v) is 18.6. The minimum atomic E-state index is -0.336. The van der Waals surface area contributed by atoms with Gasteiger partial charge in [0.15, 0.2) is 0 Å². The molecular weight excluding hydrogens is 726 g/mol. The Bertz CT molecular complexity index is 1260. The van der Waals surface area contributed by atoms with Crippen molar-refractivity contribution < 1.29 is 41.2 Å². The van der Waals surface area contributed by atoms with Crippen molar-refractivity contribution in [3.63, 3.8) is 0 Å². The molecular formula is C39H62HfO3P+. The molecule has 0 unspecified atom stereocenters. The zero-order valence-electron chi connectivity index (χ0n) is 30.2. The van der Waals surface area contributed by atoms with Crippen molar-refractivity contribution in [2.45, 2.75) is 125 Å². The third-order valence-electron chi connectivity index (χ3n) is 6.58. The summed E-state index contributed by atoms with van der Waals surface area (Å²) in [6.07, 6.45) is 1.76. The Morgan fingerprint density at radius 3 is 1.59 bits per heavy atom. The SMILES string of the molecule is CC(C)O.CC(C)O.CC(C)O.C[PH+](C)Cc1ccccc1-c1ccc(C(C)(C)C)c2c1Cc1cc(C(C)(C)C)ccc1-2.[Hf]. The van der Waals surface area contributed by atoms with Crippen molar-refractivity contribution in [2.24, 2.45) is 0 Å². The van der Waals surface area contributed by atoms with E-state index in [2.05, 4.69) is 109 Å². The number of hydrogen-bond acceptors (Lipinski definition) is 3. The minimum absolute atomic E-state index is 0. The molecule has 4 rings (SSSR count). The predicted octanol–water partition coefficient (Wildman–Crippen LogP) is 9.65. The second-order valence-corrected chi connectivity index (χ2v) is 17.7. The molecule has 0 heterocycles. The maximum atomic E-state index is 8.06. The first-order valence-electron chi connectivity index (χ1n) is 15.9. The first-order chi connectivity index (χ1) is 19.7. The number of rotatable bonds is 3. The summed E-state index contributed by atoms with van der Waals surface area (Å²) in [7, 11) is -0.336. The molecule has 5 heteroatoms. The van der Waals surface area contributed by atoms with Crippen LogP contribution >= 0.6 is 7.92 Å². The van der Waals surface area contributed by atoms with Gasteiger partial charge in [-0.2, -0.15) is 0 Å². The van der Waals surface area contributed by atoms with E-state index in [1.165, 1.54) is 56.2 Å². The van der Waals surface area contributed by atoms with Gasteiger partial charge < -0.3 is 15.3 Å². The molecule has 0 amide bonds. The predicted molar refractivity (Wildman–Crippen MR) is 193 cm³/mol. The fourth-order valence-corrected chi connectivity index (χ4v) is 6.05. The molecule has 0 fully saturated rings. The van der Waals surface area contributed by atoms with Gasteiger partial charge in [-0.3, -0.25) is 0 Å². The third-order valence-corrected chi connectivity index (χ3v) is 7.67. The quantitative estimate of drug-likeness (QED) is 0.143. The Kier molecular flexibility index (Phi) is 18.4. The Morgan fingerprint density at radius 2 is 1.14 bits per heavy atom. The topological polar surface area (TPSA) is 60.7 Å². The Morgan fingerprint density at radius 1 is 0.659 bits per heavy atom. The van der Waals surface area contributed by atoms with Crippen LogP contribution in [0.2, 0.25) is 0 Å². The Labute approximate surface area is 290 Å². The van der Waals surface area contributed by atoms with E-state index < -0.39 is 0 Å². The summed E-state index contributed by atoms with van der Waals surface area (Å²) in [5, 5.41) is 24.2. The maximum Gasteiger partial charge on any atom is 0.0820 e. The van der Waals surface area contributed by atoms with Crippen LogP contribution in [0.3, 0.4) is 0 Å². The molecule has 0 aliphatic heterocycles. The van der Waals surface area contributed by atoms with E-state index in [9.17, 15) is 0 Å². The largest absolute Gasteiger partial charge is 0.394 e. The molecule has 0 bridgehead atoms. The van der Waals surface area contributed by atoms with Gasteiger partial charge in [0.2, 0.25) is 0 Å². The number of aliphatic hydroxyl groups excluding tert-OH is 3. The van der Waals surface area contributed by atoms with Gasteiger partial charge in [-0.1, -0.05) is 96.1 Å². The summed E-state index contributed by atoms with van der Waals surface area (Å²) in [5.74, 6) is 0. The van der Waals surface area contributed by atoms with E-state index in [1.54, 1.807) is 41.5 Å². The van der Waals surface area contributed by atoms with E-state index in [-0.39, 0.29) is 62.9 Å². The molecule has 0 atom stereocenters. The number of fused-ring (bicyclic) bond motifs is 3. The standard InChI is InChI=1S/C30H37P.3C3H8O.Hf/c1-29(2,3)22-13-14-24-21(17-22)18-26-25(15-16-27(28(24)26)30(4,5)6)23-12-10-9-11-20(23)19-31(7)8;3*1-3(2)4;/h9-17H,18-19H2,1-8H3;3*3-4H,1-2H3;/p+1. The number of aliphatic hydroxyl groups is 3. The third kappa shape index (κ3) is 14.1. The van der Waals surface area contributed by atoms with Gasteiger partial charge in [0.1, 0.15) is 0 Å². The molecule has 3 N–H and O–H groups in total. The average molecular weight is 788 g/mol. The minimum Gasteiger partial charge on any atom is -0.394 e. The summed E-state index contributed by atoms with van der Waals surface area (Å²) >= 11 is 0. The van der Waals surface area contributed by atoms with Gasteiger partial charge in [0.05, 0.1) is 6.16 Å². The van der Waals surface area contributed by atoms with Crippen LogP contribution in [0, 0.1) is 0 Å². The zero-order chi connectivity index (χ0) is 33.3.